The van der Waals surface area contributed by atoms with E-state index in [0.29, 0.717) is 11.3 Å². The third-order valence-electron chi connectivity index (χ3n) is 6.36. The molecular weight excluding hydrogens is 562 g/mol. The molecule has 5 heterocycles. The number of nitrogens with zero attached hydrogens (tertiary/aromatic N) is 5. The van der Waals surface area contributed by atoms with Crippen molar-refractivity contribution >= 4 is 63.3 Å². The van der Waals surface area contributed by atoms with Crippen molar-refractivity contribution in [3.63, 3.8) is 0 Å². The maximum Gasteiger partial charge on any atom is 0.352 e. The van der Waals surface area contributed by atoms with E-state index in [1.807, 2.05) is 45.8 Å². The van der Waals surface area contributed by atoms with E-state index in [0.717, 1.165) is 17.0 Å². The maximum absolute atomic E-state index is 13.2. The number of nitrogen functional groups attached to an aromatic ring is 1. The van der Waals surface area contributed by atoms with Crippen molar-refractivity contribution in [3.05, 3.63) is 59.1 Å². The minimum Gasteiger partial charge on any atom is -0.478 e. The van der Waals surface area contributed by atoms with Crippen molar-refractivity contribution in [2.75, 3.05) is 11.5 Å². The van der Waals surface area contributed by atoms with Crippen LogP contribution in [-0.2, 0) is 30.6 Å². The Hall–Kier alpha value is -4.44. The van der Waals surface area contributed by atoms with Crippen molar-refractivity contribution in [2.24, 2.45) is 5.16 Å². The summed E-state index contributed by atoms with van der Waals surface area (Å²) in [6.07, 6.45) is 4.36. The second-order valence-corrected chi connectivity index (χ2v) is 10.9. The summed E-state index contributed by atoms with van der Waals surface area (Å²) in [7, 11) is 0. The number of nitrogens with one attached hydrogen (secondary N) is 1. The van der Waals surface area contributed by atoms with E-state index < -0.39 is 41.3 Å². The highest BCUT2D eigenvalue weighted by molar-refractivity contribution is 8.00. The second kappa shape index (κ2) is 11.0. The lowest BCUT2D eigenvalue weighted by Crippen LogP contribution is -2.71. The first-order chi connectivity index (χ1) is 19.2. The number of nitrogens with two attached hydrogens (primary N) is 1. The van der Waals surface area contributed by atoms with Gasteiger partial charge in [0.05, 0.1) is 6.20 Å². The van der Waals surface area contributed by atoms with E-state index in [1.165, 1.54) is 22.0 Å². The van der Waals surface area contributed by atoms with Crippen LogP contribution in [0.2, 0.25) is 0 Å². The molecule has 0 aliphatic carbocycles. The number of aliphatic carboxylic acids is 2. The Morgan fingerprint density at radius 3 is 2.80 bits per heavy atom. The molecule has 5 rings (SSSR count). The molecule has 1 unspecified atom stereocenters. The molecule has 0 bridgehead atoms. The Bertz CT molecular complexity index is 1580. The molecule has 0 saturated carbocycles. The number of carboxylic acids is 2. The summed E-state index contributed by atoms with van der Waals surface area (Å²) >= 11 is 2.37. The van der Waals surface area contributed by atoms with Gasteiger partial charge in [-0.15, -0.1) is 23.1 Å². The predicted molar refractivity (Wildman–Crippen MR) is 143 cm³/mol. The molecular formula is C24H24N7O7S2+. The van der Waals surface area contributed by atoms with Crippen molar-refractivity contribution in [1.82, 2.24) is 19.6 Å². The third kappa shape index (κ3) is 4.98. The number of aromatic nitrogens is 3. The van der Waals surface area contributed by atoms with E-state index in [-0.39, 0.29) is 35.2 Å². The number of amides is 2. The van der Waals surface area contributed by atoms with Crippen LogP contribution in [0.25, 0.3) is 5.65 Å². The van der Waals surface area contributed by atoms with Gasteiger partial charge < -0.3 is 26.1 Å². The number of rotatable bonds is 10. The summed E-state index contributed by atoms with van der Waals surface area (Å²) in [5, 5.41) is 26.5. The number of pyridine rings is 1. The fourth-order valence-electron chi connectivity index (χ4n) is 4.41. The van der Waals surface area contributed by atoms with E-state index >= 15 is 0 Å². The Labute approximate surface area is 234 Å². The lowest BCUT2D eigenvalue weighted by molar-refractivity contribution is -0.662. The molecule has 2 aliphatic rings. The Morgan fingerprint density at radius 1 is 1.32 bits per heavy atom. The lowest BCUT2D eigenvalue weighted by Gasteiger charge is -2.49. The van der Waals surface area contributed by atoms with Crippen LogP contribution in [0, 0.1) is 0 Å². The molecule has 2 amide bonds. The van der Waals surface area contributed by atoms with E-state index in [2.05, 4.69) is 15.5 Å². The van der Waals surface area contributed by atoms with Gasteiger partial charge in [-0.25, -0.2) is 23.5 Å². The van der Waals surface area contributed by atoms with Gasteiger partial charge in [-0.05, 0) is 12.5 Å². The summed E-state index contributed by atoms with van der Waals surface area (Å²) in [4.78, 5) is 60.3. The Kier molecular flexibility index (Phi) is 7.44. The minimum atomic E-state index is -1.30. The van der Waals surface area contributed by atoms with E-state index in [1.54, 1.807) is 6.92 Å². The summed E-state index contributed by atoms with van der Waals surface area (Å²) in [5.41, 5.74) is 6.68. The molecule has 3 aromatic rings. The molecule has 1 saturated heterocycles. The molecule has 16 heteroatoms. The number of imidazole rings is 1. The van der Waals surface area contributed by atoms with Crippen LogP contribution in [0.15, 0.2) is 58.6 Å². The highest BCUT2D eigenvalue weighted by atomic mass is 32.2. The number of carbonyl (C=O) groups is 4. The largest absolute Gasteiger partial charge is 0.478 e. The topological polar surface area (TPSA) is 193 Å². The van der Waals surface area contributed by atoms with E-state index in [9.17, 15) is 29.4 Å². The van der Waals surface area contributed by atoms with Crippen LogP contribution in [0.1, 0.15) is 19.0 Å². The Morgan fingerprint density at radius 2 is 2.12 bits per heavy atom. The molecule has 40 heavy (non-hydrogen) atoms. The maximum atomic E-state index is 13.2. The first kappa shape index (κ1) is 27.1. The number of thioether (sulfide) groups is 1. The monoisotopic (exact) mass is 586 g/mol. The van der Waals surface area contributed by atoms with E-state index in [4.69, 9.17) is 10.6 Å². The zero-order chi connectivity index (χ0) is 28.6. The zero-order valence-electron chi connectivity index (χ0n) is 21.0. The van der Waals surface area contributed by atoms with Gasteiger partial charge in [-0.1, -0.05) is 18.1 Å². The molecule has 208 valence electrons. The molecule has 14 nitrogen and oxygen atoms in total. The van der Waals surface area contributed by atoms with Gasteiger partial charge in [0.25, 0.3) is 17.5 Å². The Balaban J connectivity index is 1.36. The van der Waals surface area contributed by atoms with Crippen LogP contribution in [0.4, 0.5) is 5.13 Å². The summed E-state index contributed by atoms with van der Waals surface area (Å²) in [6, 6.07) is 4.62. The minimum absolute atomic E-state index is 0.0467. The van der Waals surface area contributed by atoms with Crippen LogP contribution < -0.4 is 15.6 Å². The average molecular weight is 587 g/mol. The third-order valence-corrected chi connectivity index (χ3v) is 8.38. The smallest absolute Gasteiger partial charge is 0.352 e. The molecule has 0 aromatic carbocycles. The molecule has 3 atom stereocenters. The van der Waals surface area contributed by atoms with Gasteiger partial charge >= 0.3 is 11.9 Å². The normalized spacial score (nSPS) is 19.7. The van der Waals surface area contributed by atoms with Crippen LogP contribution in [0.5, 0.6) is 0 Å². The first-order valence-electron chi connectivity index (χ1n) is 12.0. The molecule has 0 radical (unpaired) electrons. The van der Waals surface area contributed by atoms with Crippen molar-refractivity contribution in [2.45, 2.75) is 37.4 Å². The fraction of sp³-hybridized carbons (Fsp3) is 0.292. The number of anilines is 1. The molecule has 0 spiro atoms. The van der Waals surface area contributed by atoms with Crippen molar-refractivity contribution < 1.29 is 38.8 Å². The standard InChI is InChI=1S/C24H23N7O7S2/c1-2-14(22(34)35)38-28-16(13-11-40-24(25)26-13)19(32)27-17-20(33)31-18(23(36)37)12(10-39-21(17)31)9-30-8-7-29-6-4-3-5-15(29)30/h3-8,11,14,17,21H,2,9-10H2,1H3,(H4-,25,26,27,32,34,35,36,37)/p+1/b28-16-/t14?,17-,21-/m1/s1. The highest BCUT2D eigenvalue weighted by Crippen LogP contribution is 2.40. The number of hydrogen-bond donors (Lipinski definition) is 4. The van der Waals surface area contributed by atoms with Gasteiger partial charge in [0.2, 0.25) is 6.10 Å². The first-order valence-corrected chi connectivity index (χ1v) is 14.0. The number of fused-ring (bicyclic) bond motifs is 2. The number of hydrogen-bond acceptors (Lipinski definition) is 10. The summed E-state index contributed by atoms with van der Waals surface area (Å²) in [5.74, 6) is -3.62. The lowest BCUT2D eigenvalue weighted by atomic mass is 10.0. The highest BCUT2D eigenvalue weighted by Gasteiger charge is 2.54. The van der Waals surface area contributed by atoms with Crippen LogP contribution >= 0.6 is 23.1 Å². The van der Waals surface area contributed by atoms with Gasteiger partial charge in [0.1, 0.15) is 41.7 Å². The van der Waals surface area contributed by atoms with Crippen molar-refractivity contribution in [1.29, 1.82) is 0 Å². The fourth-order valence-corrected chi connectivity index (χ4v) is 6.29. The quantitative estimate of drug-likeness (QED) is 0.111. The number of carbonyl (C=O) groups excluding carboxylic acids is 2. The predicted octanol–water partition coefficient (Wildman–Crippen LogP) is 0.288. The van der Waals surface area contributed by atoms with Crippen molar-refractivity contribution in [3.8, 4) is 0 Å². The SMILES string of the molecule is CCC(O/N=C(\C(=O)N[C@@H]1C(=O)N2C(C(=O)O)=C(C[n+]3ccn4ccccc43)CS[C@H]12)c1csc(N)n1)C(=O)O. The number of oxime groups is 1. The van der Waals surface area contributed by atoms with Gasteiger partial charge in [-0.3, -0.25) is 14.5 Å². The average Bonchev–Trinajstić information content (AvgIpc) is 3.55. The van der Waals surface area contributed by atoms with Crippen LogP contribution in [-0.4, -0.2) is 77.2 Å². The zero-order valence-corrected chi connectivity index (χ0v) is 22.6. The molecule has 5 N–H and O–H groups in total. The molecule has 3 aromatic heterocycles. The van der Waals surface area contributed by atoms with Crippen LogP contribution in [0.3, 0.4) is 0 Å². The molecule has 1 fully saturated rings. The summed E-state index contributed by atoms with van der Waals surface area (Å²) in [6.45, 7) is 1.85. The van der Waals surface area contributed by atoms with Gasteiger partial charge in [0.15, 0.2) is 10.8 Å². The number of β-lactam (4-membered cyclic amide) rings is 1. The van der Waals surface area contributed by atoms with Gasteiger partial charge in [0, 0.05) is 22.8 Å². The second-order valence-electron chi connectivity index (χ2n) is 8.86. The summed E-state index contributed by atoms with van der Waals surface area (Å²) < 4.78 is 3.80. The molecule has 2 aliphatic heterocycles. The number of thiazole rings is 1. The van der Waals surface area contributed by atoms with Gasteiger partial charge in [-0.2, -0.15) is 0 Å². The number of carboxylic acid groups (broad SMARTS) is 2.